The molecule has 0 aromatic heterocycles. The monoisotopic (exact) mass is 958 g/mol. The van der Waals surface area contributed by atoms with E-state index in [1.54, 1.807) is 12.1 Å². The highest BCUT2D eigenvalue weighted by Crippen LogP contribution is 2.14. The van der Waals surface area contributed by atoms with E-state index in [1.807, 2.05) is 10.6 Å². The van der Waals surface area contributed by atoms with Crippen LogP contribution in [0.2, 0.25) is 0 Å². The molecule has 0 aliphatic rings. The molecule has 7 atom stereocenters. The summed E-state index contributed by atoms with van der Waals surface area (Å²) >= 11 is 0. The first-order chi connectivity index (χ1) is 32.1. The number of carbonyl (C=O) groups is 10. The van der Waals surface area contributed by atoms with E-state index in [2.05, 4.69) is 26.6 Å². The number of hydrogen-bond acceptors (Lipinski definition) is 15. The van der Waals surface area contributed by atoms with Gasteiger partial charge < -0.3 is 80.0 Å². The third-order valence-electron chi connectivity index (χ3n) is 10.1. The molecule has 0 saturated heterocycles. The molecule has 2 aromatic rings. The fourth-order valence-corrected chi connectivity index (χ4v) is 6.35. The molecule has 7 amide bonds. The van der Waals surface area contributed by atoms with Gasteiger partial charge >= 0.3 is 17.9 Å². The zero-order valence-electron chi connectivity index (χ0n) is 37.4. The van der Waals surface area contributed by atoms with Crippen molar-refractivity contribution in [3.8, 4) is 11.5 Å². The van der Waals surface area contributed by atoms with Crippen molar-refractivity contribution in [3.63, 3.8) is 0 Å². The summed E-state index contributed by atoms with van der Waals surface area (Å²) in [4.78, 5) is 128. The second-order valence-electron chi connectivity index (χ2n) is 15.8. The van der Waals surface area contributed by atoms with E-state index in [0.29, 0.717) is 36.9 Å². The maximum Gasteiger partial charge on any atom is 0.325 e. The molecule has 25 heteroatoms. The largest absolute Gasteiger partial charge is 0.508 e. The molecule has 68 heavy (non-hydrogen) atoms. The Morgan fingerprint density at radius 3 is 1.35 bits per heavy atom. The van der Waals surface area contributed by atoms with Gasteiger partial charge in [0.25, 0.3) is 0 Å². The Kier molecular flexibility index (Phi) is 24.5. The molecule has 0 saturated carbocycles. The van der Waals surface area contributed by atoms with Crippen molar-refractivity contribution in [1.82, 2.24) is 37.2 Å². The van der Waals surface area contributed by atoms with Crippen LogP contribution >= 0.6 is 0 Å². The number of carboxylic acids is 3. The Bertz CT molecular complexity index is 2060. The molecule has 0 bridgehead atoms. The predicted octanol–water partition coefficient (Wildman–Crippen LogP) is -3.45. The highest BCUT2D eigenvalue weighted by atomic mass is 16.4. The number of nitrogens with one attached hydrogen (secondary N) is 7. The number of phenolic OH excluding ortho intramolecular Hbond substituents is 2. The second kappa shape index (κ2) is 29.3. The number of unbranched alkanes of at least 4 members (excludes halogenated alkanes) is 2. The average molecular weight is 959 g/mol. The van der Waals surface area contributed by atoms with Crippen LogP contribution < -0.4 is 54.4 Å². The number of aliphatic carboxylic acids is 3. The van der Waals surface area contributed by atoms with E-state index < -0.39 is 121 Å². The summed E-state index contributed by atoms with van der Waals surface area (Å²) in [5, 5.41) is 63.7. The molecule has 0 spiro atoms. The summed E-state index contributed by atoms with van der Waals surface area (Å²) < 4.78 is 0. The van der Waals surface area contributed by atoms with Gasteiger partial charge in [-0.15, -0.1) is 0 Å². The summed E-state index contributed by atoms with van der Waals surface area (Å²) in [6, 6.07) is 0.931. The molecule has 0 unspecified atom stereocenters. The van der Waals surface area contributed by atoms with Crippen molar-refractivity contribution in [2.75, 3.05) is 19.6 Å². The number of amides is 7. The van der Waals surface area contributed by atoms with Crippen LogP contribution in [-0.2, 0) is 60.8 Å². The lowest BCUT2D eigenvalue weighted by Gasteiger charge is -2.26. The summed E-state index contributed by atoms with van der Waals surface area (Å²) in [6.07, 6.45) is -0.854. The van der Waals surface area contributed by atoms with Crippen LogP contribution in [0, 0.1) is 0 Å². The Morgan fingerprint density at radius 1 is 0.500 bits per heavy atom. The molecule has 0 aliphatic heterocycles. The van der Waals surface area contributed by atoms with Gasteiger partial charge in [0.05, 0.1) is 25.4 Å². The first kappa shape index (κ1) is 56.7. The van der Waals surface area contributed by atoms with Crippen molar-refractivity contribution < 1.29 is 73.5 Å². The zero-order chi connectivity index (χ0) is 50.9. The molecular formula is C43H62N10O15. The highest BCUT2D eigenvalue weighted by Gasteiger charge is 2.34. The lowest BCUT2D eigenvalue weighted by molar-refractivity contribution is -0.144. The molecule has 25 nitrogen and oxygen atoms in total. The Hall–Kier alpha value is -7.38. The Balaban J connectivity index is 2.32. The van der Waals surface area contributed by atoms with Crippen LogP contribution in [0.5, 0.6) is 11.5 Å². The number of carboxylic acid groups (broad SMARTS) is 3. The number of nitrogens with two attached hydrogens (primary N) is 3. The van der Waals surface area contributed by atoms with Crippen molar-refractivity contribution in [3.05, 3.63) is 59.7 Å². The van der Waals surface area contributed by atoms with Gasteiger partial charge in [0.15, 0.2) is 0 Å². The van der Waals surface area contributed by atoms with E-state index >= 15 is 0 Å². The predicted molar refractivity (Wildman–Crippen MR) is 240 cm³/mol. The molecule has 18 N–H and O–H groups in total. The zero-order valence-corrected chi connectivity index (χ0v) is 37.4. The number of aromatic hydroxyl groups is 2. The van der Waals surface area contributed by atoms with Gasteiger partial charge in [0.1, 0.15) is 47.8 Å². The summed E-state index contributed by atoms with van der Waals surface area (Å²) in [5.41, 5.74) is 18.4. The first-order valence-electron chi connectivity index (χ1n) is 21.6. The third-order valence-corrected chi connectivity index (χ3v) is 10.1. The quantitative estimate of drug-likeness (QED) is 0.0327. The van der Waals surface area contributed by atoms with Crippen LogP contribution in [0.4, 0.5) is 0 Å². The molecule has 0 fully saturated rings. The van der Waals surface area contributed by atoms with Crippen LogP contribution in [0.3, 0.4) is 0 Å². The second-order valence-corrected chi connectivity index (χ2v) is 15.8. The van der Waals surface area contributed by atoms with Crippen molar-refractivity contribution in [2.45, 2.75) is 113 Å². The number of benzene rings is 2. The molecule has 0 aliphatic carbocycles. The molecule has 0 heterocycles. The minimum Gasteiger partial charge on any atom is -0.508 e. The fourth-order valence-electron chi connectivity index (χ4n) is 6.35. The van der Waals surface area contributed by atoms with Crippen molar-refractivity contribution in [2.24, 2.45) is 17.2 Å². The molecule has 374 valence electrons. The average Bonchev–Trinajstić information content (AvgIpc) is 3.27. The minimum absolute atomic E-state index is 0.0202. The first-order valence-corrected chi connectivity index (χ1v) is 21.6. The standard InChI is InChI=1S/C43H62N10O15/c1-23(43(67)68)48-40(64)32(20-35(57)58)53-42(66)33(21-36(59)60)52-39(63)30(7-3-5-17-45)51-41(65)31(19-25-10-14-27(55)15-11-25)49-34(56)22-47-38(62)29(6-2-4-16-44)50-37(61)28(46)18-24-8-12-26(54)13-9-24/h8-15,23,28-33,54-55H,2-7,16-22,44-46H2,1H3,(H,47,62)(H,48,64)(H,49,56)(H,50,61)(H,51,65)(H,52,63)(H,53,66)(H,57,58)(H,59,60)(H,67,68)/t23-,28-,29-,30-,31-,32-,33-/m0/s1. The van der Waals surface area contributed by atoms with E-state index in [1.165, 1.54) is 36.4 Å². The van der Waals surface area contributed by atoms with Crippen molar-refractivity contribution in [1.29, 1.82) is 0 Å². The van der Waals surface area contributed by atoms with Crippen LogP contribution in [0.25, 0.3) is 0 Å². The SMILES string of the molecule is C[C@H](NC(=O)[C@H](CC(=O)O)NC(=O)[C@H](CC(=O)O)NC(=O)[C@H](CCCCN)NC(=O)[C@H](Cc1ccc(O)cc1)NC(=O)CNC(=O)[C@H](CCCCN)NC(=O)[C@@H](N)Cc1ccc(O)cc1)C(=O)O. The van der Waals surface area contributed by atoms with E-state index in [4.69, 9.17) is 22.3 Å². The number of hydrogen-bond donors (Lipinski definition) is 15. The molecular weight excluding hydrogens is 897 g/mol. The molecule has 2 aromatic carbocycles. The van der Waals surface area contributed by atoms with E-state index in [-0.39, 0.29) is 50.1 Å². The summed E-state index contributed by atoms with van der Waals surface area (Å²) in [5.74, 6) is -11.8. The van der Waals surface area contributed by atoms with Gasteiger partial charge in [-0.1, -0.05) is 24.3 Å². The van der Waals surface area contributed by atoms with E-state index in [0.717, 1.165) is 6.92 Å². The fraction of sp³-hybridized carbons (Fsp3) is 0.488. The molecule has 2 rings (SSSR count). The van der Waals surface area contributed by atoms with Crippen LogP contribution in [0.15, 0.2) is 48.5 Å². The maximum atomic E-state index is 14.0. The topological polar surface area (TPSA) is 434 Å². The Labute approximate surface area is 390 Å². The number of carbonyl (C=O) groups excluding carboxylic acids is 7. The lowest BCUT2D eigenvalue weighted by Crippen LogP contribution is -2.59. The van der Waals surface area contributed by atoms with Crippen molar-refractivity contribution >= 4 is 59.3 Å². The molecule has 0 radical (unpaired) electrons. The normalized spacial score (nSPS) is 13.9. The third kappa shape index (κ3) is 21.3. The van der Waals surface area contributed by atoms with Gasteiger partial charge in [-0.25, -0.2) is 0 Å². The highest BCUT2D eigenvalue weighted by molar-refractivity contribution is 5.98. The van der Waals surface area contributed by atoms with Gasteiger partial charge in [-0.2, -0.15) is 0 Å². The van der Waals surface area contributed by atoms with Crippen LogP contribution in [0.1, 0.15) is 69.4 Å². The number of rotatable bonds is 31. The van der Waals surface area contributed by atoms with Gasteiger partial charge in [-0.3, -0.25) is 47.9 Å². The Morgan fingerprint density at radius 2 is 0.897 bits per heavy atom. The van der Waals surface area contributed by atoms with Crippen LogP contribution in [-0.4, -0.2) is 147 Å². The van der Waals surface area contributed by atoms with Gasteiger partial charge in [0.2, 0.25) is 41.4 Å². The smallest absolute Gasteiger partial charge is 0.325 e. The minimum atomic E-state index is -1.97. The summed E-state index contributed by atoms with van der Waals surface area (Å²) in [7, 11) is 0. The lowest BCUT2D eigenvalue weighted by atomic mass is 10.0. The van der Waals surface area contributed by atoms with E-state index in [9.17, 15) is 68.4 Å². The van der Waals surface area contributed by atoms with Gasteiger partial charge in [-0.05, 0) is 100 Å². The number of phenols is 2. The van der Waals surface area contributed by atoms with Gasteiger partial charge in [0, 0.05) is 6.42 Å². The maximum absolute atomic E-state index is 14.0. The summed E-state index contributed by atoms with van der Waals surface area (Å²) in [6.45, 7) is 0.825.